The molecule has 2 nitrogen and oxygen atoms in total. The third-order valence-corrected chi connectivity index (χ3v) is 3.78. The lowest BCUT2D eigenvalue weighted by molar-refractivity contribution is 0.365. The van der Waals surface area contributed by atoms with Crippen LogP contribution in [0, 0.1) is 17.7 Å². The van der Waals surface area contributed by atoms with Gasteiger partial charge in [0.25, 0.3) is 0 Å². The zero-order chi connectivity index (χ0) is 13.3. The molecule has 2 aromatic rings. The van der Waals surface area contributed by atoms with Crippen molar-refractivity contribution in [1.29, 1.82) is 0 Å². The second-order valence-electron chi connectivity index (χ2n) is 5.10. The monoisotopic (exact) mass is 268 g/mol. The molecule has 0 fully saturated rings. The summed E-state index contributed by atoms with van der Waals surface area (Å²) < 4.78 is 15.7. The number of fused-ring (bicyclic) bond motifs is 1. The van der Waals surface area contributed by atoms with Crippen LogP contribution in [0.2, 0.25) is 0 Å². The summed E-state index contributed by atoms with van der Waals surface area (Å²) in [7, 11) is 0. The van der Waals surface area contributed by atoms with Gasteiger partial charge in [-0.2, -0.15) is 0 Å². The molecule has 98 valence electrons. The number of hydrogen-bond acceptors (Lipinski definition) is 1. The zero-order valence-corrected chi connectivity index (χ0v) is 11.7. The van der Waals surface area contributed by atoms with E-state index in [0.717, 1.165) is 17.9 Å². The van der Waals surface area contributed by atoms with Gasteiger partial charge < -0.3 is 4.57 Å². The molecule has 0 aliphatic rings. The van der Waals surface area contributed by atoms with Crippen LogP contribution < -0.4 is 0 Å². The van der Waals surface area contributed by atoms with Crippen molar-refractivity contribution in [3.05, 3.63) is 29.8 Å². The number of rotatable bonds is 4. The first-order valence-electron chi connectivity index (χ1n) is 6.24. The van der Waals surface area contributed by atoms with Crippen LogP contribution in [0.15, 0.2) is 18.2 Å². The lowest BCUT2D eigenvalue weighted by Crippen LogP contribution is -2.14. The van der Waals surface area contributed by atoms with E-state index >= 15 is 0 Å². The summed E-state index contributed by atoms with van der Waals surface area (Å²) in [5.41, 5.74) is 1.25. The van der Waals surface area contributed by atoms with Crippen LogP contribution in [-0.4, -0.2) is 9.55 Å². The molecule has 18 heavy (non-hydrogen) atoms. The minimum Gasteiger partial charge on any atom is -0.327 e. The first-order chi connectivity index (χ1) is 8.54. The molecule has 1 aromatic heterocycles. The third-order valence-electron chi connectivity index (χ3n) is 3.54. The van der Waals surface area contributed by atoms with E-state index in [9.17, 15) is 4.39 Å². The van der Waals surface area contributed by atoms with Gasteiger partial charge in [0.2, 0.25) is 0 Å². The predicted octanol–water partition coefficient (Wildman–Crippen LogP) is 4.21. The van der Waals surface area contributed by atoms with Gasteiger partial charge in [0.15, 0.2) is 5.82 Å². The summed E-state index contributed by atoms with van der Waals surface area (Å²) >= 11 is 5.91. The topological polar surface area (TPSA) is 17.8 Å². The number of para-hydroxylation sites is 1. The van der Waals surface area contributed by atoms with Crippen LogP contribution in [0.5, 0.6) is 0 Å². The largest absolute Gasteiger partial charge is 0.327 e. The molecular weight excluding hydrogens is 251 g/mol. The van der Waals surface area contributed by atoms with Crippen LogP contribution >= 0.6 is 11.6 Å². The smallest absolute Gasteiger partial charge is 0.151 e. The van der Waals surface area contributed by atoms with Crippen molar-refractivity contribution >= 4 is 22.6 Å². The molecule has 0 radical (unpaired) electrons. The highest BCUT2D eigenvalue weighted by Gasteiger charge is 2.16. The van der Waals surface area contributed by atoms with Gasteiger partial charge in [-0.25, -0.2) is 9.37 Å². The normalized spacial score (nSPS) is 13.4. The van der Waals surface area contributed by atoms with Gasteiger partial charge in [-0.05, 0) is 24.0 Å². The van der Waals surface area contributed by atoms with E-state index in [1.165, 1.54) is 6.07 Å². The molecule has 1 aromatic carbocycles. The Kier molecular flexibility index (Phi) is 3.91. The number of halogens is 2. The quantitative estimate of drug-likeness (QED) is 0.760. The minimum atomic E-state index is -0.283. The number of benzene rings is 1. The molecule has 0 spiro atoms. The summed E-state index contributed by atoms with van der Waals surface area (Å²) in [5, 5.41) is 0. The van der Waals surface area contributed by atoms with Crippen molar-refractivity contribution in [3.63, 3.8) is 0 Å². The highest BCUT2D eigenvalue weighted by atomic mass is 35.5. The fraction of sp³-hybridized carbons (Fsp3) is 0.500. The van der Waals surface area contributed by atoms with Crippen molar-refractivity contribution in [2.45, 2.75) is 33.2 Å². The Hall–Kier alpha value is -1.09. The third kappa shape index (κ3) is 2.37. The molecule has 1 heterocycles. The van der Waals surface area contributed by atoms with Crippen molar-refractivity contribution in [2.24, 2.45) is 11.8 Å². The Morgan fingerprint density at radius 1 is 1.33 bits per heavy atom. The van der Waals surface area contributed by atoms with E-state index in [4.69, 9.17) is 11.6 Å². The first-order valence-corrected chi connectivity index (χ1v) is 6.77. The standard InChI is InChI=1S/C14H18ClFN2/c1-9(2)10(3)8-18-12-6-4-5-11(16)14(12)17-13(18)7-15/h4-6,9-10H,7-8H2,1-3H3. The van der Waals surface area contributed by atoms with E-state index in [1.807, 2.05) is 10.6 Å². The highest BCUT2D eigenvalue weighted by molar-refractivity contribution is 6.16. The van der Waals surface area contributed by atoms with Crippen LogP contribution in [0.3, 0.4) is 0 Å². The van der Waals surface area contributed by atoms with E-state index in [0.29, 0.717) is 23.2 Å². The molecule has 0 saturated carbocycles. The Bertz CT molecular complexity index is 548. The molecule has 2 rings (SSSR count). The summed E-state index contributed by atoms with van der Waals surface area (Å²) in [4.78, 5) is 4.30. The predicted molar refractivity (Wildman–Crippen MR) is 73.3 cm³/mol. The van der Waals surface area contributed by atoms with Crippen LogP contribution in [0.25, 0.3) is 11.0 Å². The fourth-order valence-corrected chi connectivity index (χ4v) is 2.17. The van der Waals surface area contributed by atoms with Crippen molar-refractivity contribution in [3.8, 4) is 0 Å². The summed E-state index contributed by atoms with van der Waals surface area (Å²) in [6.07, 6.45) is 0. The summed E-state index contributed by atoms with van der Waals surface area (Å²) in [6, 6.07) is 5.05. The Morgan fingerprint density at radius 3 is 2.67 bits per heavy atom. The van der Waals surface area contributed by atoms with Gasteiger partial charge >= 0.3 is 0 Å². The van der Waals surface area contributed by atoms with Gasteiger partial charge in [-0.15, -0.1) is 11.6 Å². The van der Waals surface area contributed by atoms with Gasteiger partial charge in [-0.3, -0.25) is 0 Å². The van der Waals surface area contributed by atoms with E-state index in [-0.39, 0.29) is 5.82 Å². The molecule has 1 unspecified atom stereocenters. The van der Waals surface area contributed by atoms with Crippen LogP contribution in [0.1, 0.15) is 26.6 Å². The molecule has 0 amide bonds. The van der Waals surface area contributed by atoms with Crippen LogP contribution in [-0.2, 0) is 12.4 Å². The number of alkyl halides is 1. The lowest BCUT2D eigenvalue weighted by atomic mass is 9.98. The average molecular weight is 269 g/mol. The Morgan fingerprint density at radius 2 is 2.06 bits per heavy atom. The van der Waals surface area contributed by atoms with Gasteiger partial charge in [0.1, 0.15) is 11.3 Å². The number of imidazole rings is 1. The fourth-order valence-electron chi connectivity index (χ4n) is 1.97. The van der Waals surface area contributed by atoms with Crippen molar-refractivity contribution in [1.82, 2.24) is 9.55 Å². The summed E-state index contributed by atoms with van der Waals surface area (Å²) in [6.45, 7) is 7.38. The lowest BCUT2D eigenvalue weighted by Gasteiger charge is -2.18. The maximum atomic E-state index is 13.7. The SMILES string of the molecule is CC(C)C(C)Cn1c(CCl)nc2c(F)cccc21. The molecule has 0 aliphatic heterocycles. The van der Waals surface area contributed by atoms with E-state index in [1.54, 1.807) is 6.07 Å². The van der Waals surface area contributed by atoms with Gasteiger partial charge in [-0.1, -0.05) is 26.8 Å². The highest BCUT2D eigenvalue weighted by Crippen LogP contribution is 2.23. The van der Waals surface area contributed by atoms with Crippen LogP contribution in [0.4, 0.5) is 4.39 Å². The second kappa shape index (κ2) is 5.27. The molecule has 0 bridgehead atoms. The first kappa shape index (κ1) is 13.3. The maximum Gasteiger partial charge on any atom is 0.151 e. The number of nitrogens with zero attached hydrogens (tertiary/aromatic N) is 2. The molecule has 4 heteroatoms. The molecule has 0 aliphatic carbocycles. The van der Waals surface area contributed by atoms with Gasteiger partial charge in [0.05, 0.1) is 11.4 Å². The summed E-state index contributed by atoms with van der Waals surface area (Å²) in [5.74, 6) is 1.82. The van der Waals surface area contributed by atoms with Gasteiger partial charge in [0, 0.05) is 6.54 Å². The van der Waals surface area contributed by atoms with Crippen molar-refractivity contribution in [2.75, 3.05) is 0 Å². The Labute approximate surface area is 112 Å². The molecule has 0 saturated heterocycles. The molecular formula is C14H18ClFN2. The molecule has 0 N–H and O–H groups in total. The van der Waals surface area contributed by atoms with Crippen molar-refractivity contribution < 1.29 is 4.39 Å². The number of hydrogen-bond donors (Lipinski definition) is 0. The Balaban J connectivity index is 2.50. The van der Waals surface area contributed by atoms with E-state index in [2.05, 4.69) is 25.8 Å². The minimum absolute atomic E-state index is 0.283. The van der Waals surface area contributed by atoms with E-state index < -0.39 is 0 Å². The zero-order valence-electron chi connectivity index (χ0n) is 11.0. The number of aromatic nitrogens is 2. The molecule has 1 atom stereocenters. The average Bonchev–Trinajstić information content (AvgIpc) is 2.69. The second-order valence-corrected chi connectivity index (χ2v) is 5.37. The maximum absolute atomic E-state index is 13.7.